The highest BCUT2D eigenvalue weighted by atomic mass is 16.1. The lowest BCUT2D eigenvalue weighted by Crippen LogP contribution is -1.92. The lowest BCUT2D eigenvalue weighted by molar-refractivity contribution is 0.546. The molecule has 0 aromatic carbocycles. The van der Waals surface area contributed by atoms with Crippen LogP contribution >= 0.6 is 0 Å². The van der Waals surface area contributed by atoms with E-state index in [0.717, 1.165) is 5.69 Å². The van der Waals surface area contributed by atoms with E-state index >= 15 is 0 Å². The third-order valence-corrected chi connectivity index (χ3v) is 1.05. The Morgan fingerprint density at radius 1 is 1.75 bits per heavy atom. The van der Waals surface area contributed by atoms with Crippen molar-refractivity contribution in [3.8, 4) is 0 Å². The zero-order valence-corrected chi connectivity index (χ0v) is 4.59. The van der Waals surface area contributed by atoms with Gasteiger partial charge in [0, 0.05) is 11.9 Å². The van der Waals surface area contributed by atoms with Gasteiger partial charge in [0.05, 0.1) is 0 Å². The third kappa shape index (κ3) is 0.644. The molecule has 0 amide bonds. The number of nitrogens with zero attached hydrogens (tertiary/aromatic N) is 1. The number of aromatic nitrogens is 1. The van der Waals surface area contributed by atoms with Crippen molar-refractivity contribution in [3.05, 3.63) is 24.0 Å². The largest absolute Gasteiger partial charge is 0.321 e. The summed E-state index contributed by atoms with van der Waals surface area (Å²) in [6.07, 6.45) is 3.41. The smallest absolute Gasteiger partial charge is 0.284 e. The van der Waals surface area contributed by atoms with Gasteiger partial charge in [0.2, 0.25) is 0 Å². The van der Waals surface area contributed by atoms with Crippen molar-refractivity contribution in [1.29, 1.82) is 0 Å². The van der Waals surface area contributed by atoms with Gasteiger partial charge < -0.3 is 0 Å². The van der Waals surface area contributed by atoms with Crippen LogP contribution < -0.4 is 0 Å². The van der Waals surface area contributed by atoms with Gasteiger partial charge in [-0.05, 0) is 19.1 Å². The van der Waals surface area contributed by atoms with Gasteiger partial charge in [-0.1, -0.05) is 0 Å². The van der Waals surface area contributed by atoms with Crippen LogP contribution in [0, 0.1) is 6.92 Å². The minimum Gasteiger partial charge on any atom is -0.284 e. The van der Waals surface area contributed by atoms with Crippen LogP contribution in [0.2, 0.25) is 0 Å². The first kappa shape index (κ1) is 5.09. The van der Waals surface area contributed by atoms with Crippen LogP contribution in [-0.2, 0) is 4.79 Å². The summed E-state index contributed by atoms with van der Waals surface area (Å²) in [6, 6.07) is 3.66. The monoisotopic (exact) mass is 108 g/mol. The predicted octanol–water partition coefficient (Wildman–Crippen LogP) is 0.712. The van der Waals surface area contributed by atoms with Crippen LogP contribution in [0.1, 0.15) is 5.69 Å². The minimum absolute atomic E-state index is 0.917. The Morgan fingerprint density at radius 3 is 2.75 bits per heavy atom. The van der Waals surface area contributed by atoms with E-state index in [9.17, 15) is 4.79 Å². The molecule has 1 rings (SSSR count). The van der Waals surface area contributed by atoms with Crippen LogP contribution in [0.4, 0.5) is 0 Å². The topological polar surface area (TPSA) is 22.0 Å². The molecule has 0 saturated heterocycles. The van der Waals surface area contributed by atoms with Crippen molar-refractivity contribution in [1.82, 2.24) is 4.57 Å². The molecule has 0 N–H and O–H groups in total. The number of carbonyl (C=O) groups excluding carboxylic acids is 1. The van der Waals surface area contributed by atoms with Gasteiger partial charge in [-0.2, -0.15) is 0 Å². The molecule has 2 nitrogen and oxygen atoms in total. The molecular weight excluding hydrogens is 102 g/mol. The molecule has 0 saturated carbocycles. The van der Waals surface area contributed by atoms with Crippen LogP contribution in [-0.4, -0.2) is 11.0 Å². The van der Waals surface area contributed by atoms with Crippen molar-refractivity contribution >= 4 is 6.41 Å². The lowest BCUT2D eigenvalue weighted by Gasteiger charge is -1.86. The van der Waals surface area contributed by atoms with Crippen molar-refractivity contribution in [2.75, 3.05) is 0 Å². The quantitative estimate of drug-likeness (QED) is 0.519. The summed E-state index contributed by atoms with van der Waals surface area (Å²) >= 11 is 0. The van der Waals surface area contributed by atoms with E-state index in [4.69, 9.17) is 0 Å². The van der Waals surface area contributed by atoms with Crippen molar-refractivity contribution in [3.63, 3.8) is 0 Å². The van der Waals surface area contributed by atoms with E-state index in [1.54, 1.807) is 18.7 Å². The Morgan fingerprint density at radius 2 is 2.50 bits per heavy atom. The maximum atomic E-state index is 9.93. The average Bonchev–Trinajstić information content (AvgIpc) is 2.14. The molecule has 1 radical (unpaired) electrons. The minimum atomic E-state index is 0.917. The molecule has 0 aliphatic rings. The zero-order chi connectivity index (χ0) is 5.98. The highest BCUT2D eigenvalue weighted by molar-refractivity contribution is 5.53. The summed E-state index contributed by atoms with van der Waals surface area (Å²) < 4.78 is 1.40. The van der Waals surface area contributed by atoms with E-state index in [1.165, 1.54) is 4.57 Å². The van der Waals surface area contributed by atoms with Crippen LogP contribution in [0.5, 0.6) is 0 Å². The molecule has 0 aliphatic heterocycles. The van der Waals surface area contributed by atoms with Gasteiger partial charge >= 0.3 is 6.41 Å². The Labute approximate surface area is 47.7 Å². The van der Waals surface area contributed by atoms with Crippen molar-refractivity contribution in [2.24, 2.45) is 0 Å². The second-order valence-corrected chi connectivity index (χ2v) is 1.61. The van der Waals surface area contributed by atoms with Gasteiger partial charge in [0.1, 0.15) is 0 Å². The summed E-state index contributed by atoms with van der Waals surface area (Å²) in [6.45, 7) is 1.85. The highest BCUT2D eigenvalue weighted by Crippen LogP contribution is 1.94. The zero-order valence-electron chi connectivity index (χ0n) is 4.59. The predicted molar refractivity (Wildman–Crippen MR) is 30.3 cm³/mol. The Kier molecular flexibility index (Phi) is 1.16. The van der Waals surface area contributed by atoms with Crippen molar-refractivity contribution < 1.29 is 4.79 Å². The van der Waals surface area contributed by atoms with Crippen LogP contribution in [0.25, 0.3) is 0 Å². The highest BCUT2D eigenvalue weighted by Gasteiger charge is 1.88. The van der Waals surface area contributed by atoms with Crippen LogP contribution in [0.3, 0.4) is 0 Å². The van der Waals surface area contributed by atoms with Gasteiger partial charge in [0.15, 0.2) is 0 Å². The molecule has 2 heteroatoms. The van der Waals surface area contributed by atoms with E-state index in [0.29, 0.717) is 0 Å². The molecule has 0 fully saturated rings. The lowest BCUT2D eigenvalue weighted by atomic mass is 10.5. The van der Waals surface area contributed by atoms with E-state index in [2.05, 4.69) is 0 Å². The van der Waals surface area contributed by atoms with E-state index < -0.39 is 0 Å². The number of rotatable bonds is 1. The maximum Gasteiger partial charge on any atom is 0.321 e. The summed E-state index contributed by atoms with van der Waals surface area (Å²) in [5, 5.41) is 0. The Bertz CT molecular complexity index is 190. The number of hydrogen-bond donors (Lipinski definition) is 0. The molecular formula is C6H6NO. The first-order valence-corrected chi connectivity index (χ1v) is 2.36. The molecule has 0 aliphatic carbocycles. The molecule has 1 aromatic rings. The molecule has 1 aromatic heterocycles. The summed E-state index contributed by atoms with van der Waals surface area (Å²) in [4.78, 5) is 9.93. The Hall–Kier alpha value is -1.05. The molecule has 1 heterocycles. The fourth-order valence-electron chi connectivity index (χ4n) is 0.569. The van der Waals surface area contributed by atoms with Crippen molar-refractivity contribution in [2.45, 2.75) is 6.92 Å². The first-order chi connectivity index (χ1) is 3.84. The molecule has 0 unspecified atom stereocenters. The third-order valence-electron chi connectivity index (χ3n) is 1.05. The van der Waals surface area contributed by atoms with E-state index in [-0.39, 0.29) is 0 Å². The molecule has 0 atom stereocenters. The normalized spacial score (nSPS) is 9.12. The standard InChI is InChI=1S/C6H6NO/c1-6-3-2-4-7(6)5-8/h2-4H,1H3. The molecule has 41 valence electrons. The average molecular weight is 108 g/mol. The first-order valence-electron chi connectivity index (χ1n) is 2.36. The summed E-state index contributed by atoms with van der Waals surface area (Å²) in [5.41, 5.74) is 0.917. The van der Waals surface area contributed by atoms with Gasteiger partial charge in [0.25, 0.3) is 0 Å². The van der Waals surface area contributed by atoms with E-state index in [1.807, 2.05) is 13.0 Å². The molecule has 0 bridgehead atoms. The number of aryl methyl sites for hydroxylation is 1. The second kappa shape index (κ2) is 1.82. The summed E-state index contributed by atoms with van der Waals surface area (Å²) in [7, 11) is 0. The van der Waals surface area contributed by atoms with Gasteiger partial charge in [-0.25, -0.2) is 0 Å². The Balaban J connectivity index is 3.09. The van der Waals surface area contributed by atoms with Gasteiger partial charge in [-0.3, -0.25) is 9.36 Å². The molecule has 8 heavy (non-hydrogen) atoms. The summed E-state index contributed by atoms with van der Waals surface area (Å²) in [5.74, 6) is 0. The van der Waals surface area contributed by atoms with Crippen LogP contribution in [0.15, 0.2) is 18.3 Å². The van der Waals surface area contributed by atoms with Gasteiger partial charge in [-0.15, -0.1) is 0 Å². The second-order valence-electron chi connectivity index (χ2n) is 1.61. The fourth-order valence-corrected chi connectivity index (χ4v) is 0.569. The fraction of sp³-hybridized carbons (Fsp3) is 0.167. The molecule has 0 spiro atoms. The SMILES string of the molecule is Cc1cccn1[C]=O. The maximum absolute atomic E-state index is 9.93. The number of hydrogen-bond acceptors (Lipinski definition) is 1.